The number of benzene rings is 2. The molecule has 0 fully saturated rings. The van der Waals surface area contributed by atoms with E-state index in [2.05, 4.69) is 5.32 Å². The lowest BCUT2D eigenvalue weighted by Gasteiger charge is -2.31. The molecule has 2 aromatic carbocycles. The summed E-state index contributed by atoms with van der Waals surface area (Å²) in [5.74, 6) is 2.29. The van der Waals surface area contributed by atoms with Gasteiger partial charge in [0.15, 0.2) is 11.5 Å². The van der Waals surface area contributed by atoms with Gasteiger partial charge in [-0.1, -0.05) is 6.07 Å². The van der Waals surface area contributed by atoms with E-state index in [1.54, 1.807) is 26.4 Å². The average Bonchev–Trinajstić information content (AvgIpc) is 3.05. The molecule has 4 rings (SSSR count). The van der Waals surface area contributed by atoms with Gasteiger partial charge in [-0.3, -0.25) is 4.79 Å². The molecule has 0 bridgehead atoms. The summed E-state index contributed by atoms with van der Waals surface area (Å²) >= 11 is 0. The SMILES string of the molecule is COc1cc2c(cc1OC)CCN(C(=O)CCNCC1Cc3cc(OS(=O)(=O)N(C)C)ccc31)CC2. The number of carbonyl (C=O) groups excluding carboxylic acids is 1. The van der Waals surface area contributed by atoms with Gasteiger partial charge in [-0.05, 0) is 65.8 Å². The second-order valence-corrected chi connectivity index (χ2v) is 11.1. The van der Waals surface area contributed by atoms with Crippen LogP contribution in [0.5, 0.6) is 17.2 Å². The van der Waals surface area contributed by atoms with Crippen LogP contribution >= 0.6 is 0 Å². The van der Waals surface area contributed by atoms with Crippen molar-refractivity contribution in [3.8, 4) is 17.2 Å². The van der Waals surface area contributed by atoms with Crippen molar-refractivity contribution in [3.05, 3.63) is 52.6 Å². The zero-order chi connectivity index (χ0) is 25.9. The number of fused-ring (bicyclic) bond motifs is 2. The Labute approximate surface area is 213 Å². The number of hydrogen-bond acceptors (Lipinski definition) is 7. The molecule has 1 unspecified atom stereocenters. The predicted octanol–water partition coefficient (Wildman–Crippen LogP) is 2.14. The molecule has 0 aromatic heterocycles. The number of hydrogen-bond donors (Lipinski definition) is 1. The standard InChI is InChI=1S/C26H35N3O6S/c1-28(2)36(31,32)35-22-5-6-23-20(14-22)13-21(23)17-27-10-7-26(30)29-11-8-18-15-24(33-3)25(34-4)16-19(18)9-12-29/h5-6,14-16,21,27H,7-13,17H2,1-4H3. The number of rotatable bonds is 10. The highest BCUT2D eigenvalue weighted by atomic mass is 32.2. The van der Waals surface area contributed by atoms with E-state index in [0.717, 1.165) is 47.2 Å². The molecule has 0 radical (unpaired) electrons. The molecule has 0 spiro atoms. The van der Waals surface area contributed by atoms with Gasteiger partial charge in [0, 0.05) is 52.6 Å². The summed E-state index contributed by atoms with van der Waals surface area (Å²) in [6.45, 7) is 2.80. The molecule has 1 aliphatic carbocycles. The van der Waals surface area contributed by atoms with Crippen molar-refractivity contribution in [2.75, 3.05) is 54.5 Å². The molecule has 2 aliphatic rings. The van der Waals surface area contributed by atoms with E-state index < -0.39 is 10.3 Å². The Morgan fingerprint density at radius 2 is 1.67 bits per heavy atom. The van der Waals surface area contributed by atoms with Crippen LogP contribution in [0, 0.1) is 0 Å². The highest BCUT2D eigenvalue weighted by molar-refractivity contribution is 7.84. The van der Waals surface area contributed by atoms with Crippen LogP contribution in [0.3, 0.4) is 0 Å². The molecule has 0 saturated heterocycles. The topological polar surface area (TPSA) is 97.4 Å². The summed E-state index contributed by atoms with van der Waals surface area (Å²) < 4.78 is 40.8. The lowest BCUT2D eigenvalue weighted by Crippen LogP contribution is -2.36. The van der Waals surface area contributed by atoms with Crippen molar-refractivity contribution in [1.82, 2.24) is 14.5 Å². The molecule has 1 aliphatic heterocycles. The fourth-order valence-corrected chi connectivity index (χ4v) is 5.26. The van der Waals surface area contributed by atoms with Crippen LogP contribution in [0.2, 0.25) is 0 Å². The van der Waals surface area contributed by atoms with Crippen LogP contribution in [-0.2, 0) is 34.4 Å². The van der Waals surface area contributed by atoms with E-state index >= 15 is 0 Å². The summed E-state index contributed by atoms with van der Waals surface area (Å²) in [6.07, 6.45) is 2.91. The normalized spacial score (nSPS) is 17.0. The first kappa shape index (κ1) is 26.2. The Kier molecular flexibility index (Phi) is 8.07. The number of nitrogens with zero attached hydrogens (tertiary/aromatic N) is 2. The van der Waals surface area contributed by atoms with Crippen LogP contribution < -0.4 is 19.0 Å². The monoisotopic (exact) mass is 517 g/mol. The molecular formula is C26H35N3O6S. The molecule has 36 heavy (non-hydrogen) atoms. The van der Waals surface area contributed by atoms with Gasteiger partial charge in [-0.2, -0.15) is 12.7 Å². The highest BCUT2D eigenvalue weighted by Crippen LogP contribution is 2.37. The average molecular weight is 518 g/mol. The van der Waals surface area contributed by atoms with Gasteiger partial charge in [0.25, 0.3) is 0 Å². The van der Waals surface area contributed by atoms with Gasteiger partial charge in [-0.15, -0.1) is 0 Å². The smallest absolute Gasteiger partial charge is 0.384 e. The fraction of sp³-hybridized carbons (Fsp3) is 0.500. The van der Waals surface area contributed by atoms with E-state index in [9.17, 15) is 13.2 Å². The molecule has 1 N–H and O–H groups in total. The maximum Gasteiger partial charge on any atom is 0.384 e. The third-order valence-electron chi connectivity index (χ3n) is 6.94. The number of nitrogens with one attached hydrogen (secondary N) is 1. The second-order valence-electron chi connectivity index (χ2n) is 9.40. The minimum absolute atomic E-state index is 0.159. The van der Waals surface area contributed by atoms with Gasteiger partial charge in [0.05, 0.1) is 14.2 Å². The third-order valence-corrected chi connectivity index (χ3v) is 8.23. The Morgan fingerprint density at radius 1 is 1.03 bits per heavy atom. The Hall–Kier alpha value is -2.82. The minimum atomic E-state index is -3.76. The molecule has 1 heterocycles. The summed E-state index contributed by atoms with van der Waals surface area (Å²) in [5, 5.41) is 3.41. The van der Waals surface area contributed by atoms with Crippen molar-refractivity contribution in [3.63, 3.8) is 0 Å². The second kappa shape index (κ2) is 11.1. The van der Waals surface area contributed by atoms with Crippen LogP contribution in [0.1, 0.15) is 34.6 Å². The van der Waals surface area contributed by atoms with Crippen LogP contribution in [0.4, 0.5) is 0 Å². The fourth-order valence-electron chi connectivity index (χ4n) is 4.76. The predicted molar refractivity (Wildman–Crippen MR) is 137 cm³/mol. The van der Waals surface area contributed by atoms with Gasteiger partial charge in [0.1, 0.15) is 5.75 Å². The number of carbonyl (C=O) groups is 1. The number of methoxy groups -OCH3 is 2. The van der Waals surface area contributed by atoms with E-state index in [4.69, 9.17) is 13.7 Å². The van der Waals surface area contributed by atoms with E-state index in [0.29, 0.717) is 37.7 Å². The zero-order valence-corrected chi connectivity index (χ0v) is 22.2. The van der Waals surface area contributed by atoms with E-state index in [1.165, 1.54) is 30.8 Å². The molecule has 0 saturated carbocycles. The molecule has 1 atom stereocenters. The van der Waals surface area contributed by atoms with Crippen molar-refractivity contribution in [2.24, 2.45) is 0 Å². The Bertz CT molecular complexity index is 1180. The number of ether oxygens (including phenoxy) is 2. The van der Waals surface area contributed by atoms with E-state index in [-0.39, 0.29) is 5.91 Å². The van der Waals surface area contributed by atoms with Crippen molar-refractivity contribution in [1.29, 1.82) is 0 Å². The molecule has 196 valence electrons. The Balaban J connectivity index is 1.22. The van der Waals surface area contributed by atoms with Crippen LogP contribution in [0.15, 0.2) is 30.3 Å². The van der Waals surface area contributed by atoms with Gasteiger partial charge < -0.3 is 23.9 Å². The highest BCUT2D eigenvalue weighted by Gasteiger charge is 2.27. The van der Waals surface area contributed by atoms with Crippen LogP contribution in [-0.4, -0.2) is 78.0 Å². The third kappa shape index (κ3) is 5.77. The maximum atomic E-state index is 12.8. The summed E-state index contributed by atoms with van der Waals surface area (Å²) in [7, 11) is 2.38. The zero-order valence-electron chi connectivity index (χ0n) is 21.4. The molecule has 10 heteroatoms. The molecular weight excluding hydrogens is 482 g/mol. The van der Waals surface area contributed by atoms with Crippen LogP contribution in [0.25, 0.3) is 0 Å². The molecule has 9 nitrogen and oxygen atoms in total. The van der Waals surface area contributed by atoms with Gasteiger partial charge in [-0.25, -0.2) is 0 Å². The molecule has 2 aromatic rings. The van der Waals surface area contributed by atoms with Gasteiger partial charge in [0.2, 0.25) is 5.91 Å². The van der Waals surface area contributed by atoms with Crippen molar-refractivity contribution >= 4 is 16.2 Å². The first-order valence-corrected chi connectivity index (χ1v) is 13.6. The summed E-state index contributed by atoms with van der Waals surface area (Å²) in [6, 6.07) is 9.46. The minimum Gasteiger partial charge on any atom is -0.493 e. The molecule has 1 amide bonds. The summed E-state index contributed by atoms with van der Waals surface area (Å²) in [5.41, 5.74) is 4.71. The lowest BCUT2D eigenvalue weighted by molar-refractivity contribution is -0.131. The largest absolute Gasteiger partial charge is 0.493 e. The van der Waals surface area contributed by atoms with Crippen molar-refractivity contribution < 1.29 is 26.9 Å². The Morgan fingerprint density at radius 3 is 2.22 bits per heavy atom. The maximum absolute atomic E-state index is 12.8. The van der Waals surface area contributed by atoms with E-state index in [1.807, 2.05) is 23.1 Å². The summed E-state index contributed by atoms with van der Waals surface area (Å²) in [4.78, 5) is 14.8. The van der Waals surface area contributed by atoms with Crippen molar-refractivity contribution in [2.45, 2.75) is 31.6 Å². The lowest BCUT2D eigenvalue weighted by atomic mass is 9.77. The number of amides is 1. The first-order chi connectivity index (χ1) is 17.2. The quantitative estimate of drug-likeness (QED) is 0.482. The first-order valence-electron chi connectivity index (χ1n) is 12.2. The van der Waals surface area contributed by atoms with Gasteiger partial charge >= 0.3 is 10.3 Å².